The normalized spacial score (nSPS) is 17.0. The van der Waals surface area contributed by atoms with Crippen LogP contribution in [0, 0.1) is 11.3 Å². The van der Waals surface area contributed by atoms with E-state index in [2.05, 4.69) is 30.7 Å². The molecule has 0 bridgehead atoms. The molecule has 3 rings (SSSR count). The highest BCUT2D eigenvalue weighted by molar-refractivity contribution is 7.99. The van der Waals surface area contributed by atoms with Gasteiger partial charge < -0.3 is 5.11 Å². The first-order valence-electron chi connectivity index (χ1n) is 8.14. The molecule has 0 saturated carbocycles. The largest absolute Gasteiger partial charge is 0.395 e. The molecule has 1 atom stereocenters. The Hall–Kier alpha value is -2.17. The predicted octanol–water partition coefficient (Wildman–Crippen LogP) is 2.33. The van der Waals surface area contributed by atoms with Gasteiger partial charge in [-0.1, -0.05) is 32.5 Å². The average molecular weight is 356 g/mol. The highest BCUT2D eigenvalue weighted by atomic mass is 32.2. The maximum atomic E-state index is 12.7. The first-order valence-corrected chi connectivity index (χ1v) is 9.02. The molecule has 0 aromatic carbocycles. The minimum atomic E-state index is -0.328. The van der Waals surface area contributed by atoms with Crippen molar-refractivity contribution >= 4 is 11.8 Å². The lowest BCUT2D eigenvalue weighted by Crippen LogP contribution is -2.32. The van der Waals surface area contributed by atoms with Crippen molar-refractivity contribution in [1.82, 2.24) is 14.5 Å². The third-order valence-corrected chi connectivity index (χ3v) is 5.44. The molecule has 0 aliphatic carbocycles. The number of aromatic nitrogens is 3. The molecule has 0 saturated heterocycles. The maximum absolute atomic E-state index is 12.7. The lowest BCUT2D eigenvalue weighted by atomic mass is 9.91. The smallest absolute Gasteiger partial charge is 0.272 e. The zero-order valence-corrected chi connectivity index (χ0v) is 15.3. The van der Waals surface area contributed by atoms with E-state index in [1.807, 2.05) is 18.2 Å². The Balaban J connectivity index is 2.12. The van der Waals surface area contributed by atoms with Crippen LogP contribution in [-0.4, -0.2) is 31.5 Å². The Morgan fingerprint density at radius 3 is 2.76 bits per heavy atom. The van der Waals surface area contributed by atoms with Gasteiger partial charge in [0.1, 0.15) is 11.6 Å². The first kappa shape index (κ1) is 17.6. The van der Waals surface area contributed by atoms with Crippen LogP contribution >= 0.6 is 11.8 Å². The number of nitriles is 1. The molecule has 0 fully saturated rings. The van der Waals surface area contributed by atoms with Crippen LogP contribution in [0.3, 0.4) is 0 Å². The van der Waals surface area contributed by atoms with Crippen LogP contribution in [0.15, 0.2) is 28.3 Å². The van der Waals surface area contributed by atoms with Crippen LogP contribution in [0.1, 0.15) is 38.4 Å². The zero-order valence-electron chi connectivity index (χ0n) is 14.5. The molecule has 0 radical (unpaired) electrons. The summed E-state index contributed by atoms with van der Waals surface area (Å²) in [5.74, 6) is 0. The highest BCUT2D eigenvalue weighted by Crippen LogP contribution is 2.31. The van der Waals surface area contributed by atoms with Crippen molar-refractivity contribution in [2.24, 2.45) is 0 Å². The van der Waals surface area contributed by atoms with Crippen LogP contribution in [0.2, 0.25) is 0 Å². The summed E-state index contributed by atoms with van der Waals surface area (Å²) in [6, 6.07) is 5.75. The van der Waals surface area contributed by atoms with Crippen LogP contribution in [0.5, 0.6) is 0 Å². The summed E-state index contributed by atoms with van der Waals surface area (Å²) in [7, 11) is 0. The van der Waals surface area contributed by atoms with Gasteiger partial charge in [-0.2, -0.15) is 5.26 Å². The summed E-state index contributed by atoms with van der Waals surface area (Å²) in [5.41, 5.74) is 1.57. The Morgan fingerprint density at radius 2 is 2.20 bits per heavy atom. The van der Waals surface area contributed by atoms with Crippen molar-refractivity contribution in [2.45, 2.75) is 49.6 Å². The Kier molecular flexibility index (Phi) is 4.67. The summed E-state index contributed by atoms with van der Waals surface area (Å²) in [5, 5.41) is 19.4. The van der Waals surface area contributed by atoms with Crippen molar-refractivity contribution in [3.05, 3.63) is 39.9 Å². The molecule has 1 aliphatic rings. The molecule has 3 heterocycles. The molecule has 6 nitrogen and oxygen atoms in total. The molecular formula is C18H20N4O2S. The van der Waals surface area contributed by atoms with Gasteiger partial charge >= 0.3 is 0 Å². The minimum absolute atomic E-state index is 0.0223. The number of hydrogen-bond acceptors (Lipinski definition) is 6. The molecule has 1 N–H and O–H groups in total. The van der Waals surface area contributed by atoms with Crippen molar-refractivity contribution < 1.29 is 5.11 Å². The van der Waals surface area contributed by atoms with Gasteiger partial charge in [-0.05, 0) is 18.6 Å². The molecule has 0 spiro atoms. The zero-order chi connectivity index (χ0) is 18.2. The molecular weight excluding hydrogens is 336 g/mol. The summed E-state index contributed by atoms with van der Waals surface area (Å²) in [4.78, 5) is 21.7. The number of pyridine rings is 1. The highest BCUT2D eigenvalue weighted by Gasteiger charge is 2.25. The second kappa shape index (κ2) is 6.62. The topological polar surface area (TPSA) is 91.8 Å². The maximum Gasteiger partial charge on any atom is 0.272 e. The van der Waals surface area contributed by atoms with Crippen LogP contribution in [0.25, 0.3) is 11.3 Å². The van der Waals surface area contributed by atoms with Gasteiger partial charge in [0.25, 0.3) is 5.56 Å². The fourth-order valence-electron chi connectivity index (χ4n) is 2.72. The number of hydrogen-bond donors (Lipinski definition) is 1. The van der Waals surface area contributed by atoms with Crippen LogP contribution in [-0.2, 0) is 12.0 Å². The molecule has 0 unspecified atom stereocenters. The van der Waals surface area contributed by atoms with E-state index < -0.39 is 0 Å². The lowest BCUT2D eigenvalue weighted by Gasteiger charge is -2.24. The van der Waals surface area contributed by atoms with Crippen LogP contribution in [0.4, 0.5) is 0 Å². The van der Waals surface area contributed by atoms with E-state index >= 15 is 0 Å². The average Bonchev–Trinajstić information content (AvgIpc) is 2.60. The monoisotopic (exact) mass is 356 g/mol. The summed E-state index contributed by atoms with van der Waals surface area (Å²) < 4.78 is 1.52. The number of aliphatic hydroxyl groups is 1. The van der Waals surface area contributed by atoms with Gasteiger partial charge in [-0.3, -0.25) is 14.3 Å². The molecule has 7 heteroatoms. The molecule has 0 amide bonds. The molecule has 130 valence electrons. The minimum Gasteiger partial charge on any atom is -0.395 e. The number of fused-ring (bicyclic) bond motifs is 1. The second-order valence-electron chi connectivity index (χ2n) is 7.08. The number of thioether (sulfide) groups is 1. The molecule has 1 aliphatic heterocycles. The SMILES string of the molecule is CC(C)(C)c1ccc(-c2nc3n(c(=O)c2C#N)CC[C@H](CO)S3)cn1. The van der Waals surface area contributed by atoms with E-state index in [1.165, 1.54) is 16.3 Å². The van der Waals surface area contributed by atoms with Gasteiger partial charge in [-0.15, -0.1) is 0 Å². The number of rotatable bonds is 2. The summed E-state index contributed by atoms with van der Waals surface area (Å²) >= 11 is 1.38. The Labute approximate surface area is 150 Å². The van der Waals surface area contributed by atoms with Crippen molar-refractivity contribution in [2.75, 3.05) is 6.61 Å². The van der Waals surface area contributed by atoms with Crippen molar-refractivity contribution in [3.8, 4) is 17.3 Å². The van der Waals surface area contributed by atoms with Gasteiger partial charge in [0.15, 0.2) is 5.16 Å². The lowest BCUT2D eigenvalue weighted by molar-refractivity contribution is 0.282. The van der Waals surface area contributed by atoms with Gasteiger partial charge in [0.2, 0.25) is 0 Å². The number of nitrogens with zero attached hydrogens (tertiary/aromatic N) is 4. The van der Waals surface area contributed by atoms with Gasteiger partial charge in [-0.25, -0.2) is 4.98 Å². The van der Waals surface area contributed by atoms with E-state index in [0.29, 0.717) is 29.4 Å². The summed E-state index contributed by atoms with van der Waals surface area (Å²) in [6.07, 6.45) is 2.35. The fraction of sp³-hybridized carbons (Fsp3) is 0.444. The first-order chi connectivity index (χ1) is 11.8. The van der Waals surface area contributed by atoms with E-state index in [-0.39, 0.29) is 28.4 Å². The van der Waals surface area contributed by atoms with Gasteiger partial charge in [0.05, 0.1) is 12.3 Å². The molecule has 2 aromatic rings. The van der Waals surface area contributed by atoms with E-state index in [4.69, 9.17) is 0 Å². The molecule has 2 aromatic heterocycles. The van der Waals surface area contributed by atoms with E-state index in [9.17, 15) is 15.2 Å². The van der Waals surface area contributed by atoms with Crippen LogP contribution < -0.4 is 5.56 Å². The fourth-order valence-corrected chi connectivity index (χ4v) is 3.76. The van der Waals surface area contributed by atoms with Gasteiger partial charge in [0, 0.05) is 34.7 Å². The van der Waals surface area contributed by atoms with E-state index in [1.54, 1.807) is 6.20 Å². The summed E-state index contributed by atoms with van der Waals surface area (Å²) in [6.45, 7) is 6.73. The van der Waals surface area contributed by atoms with E-state index in [0.717, 1.165) is 5.69 Å². The Bertz CT molecular complexity index is 892. The van der Waals surface area contributed by atoms with Crippen molar-refractivity contribution in [3.63, 3.8) is 0 Å². The number of aliphatic hydroxyl groups excluding tert-OH is 1. The predicted molar refractivity (Wildman–Crippen MR) is 96.5 cm³/mol. The quantitative estimate of drug-likeness (QED) is 0.831. The second-order valence-corrected chi connectivity index (χ2v) is 8.35. The molecule has 25 heavy (non-hydrogen) atoms. The van der Waals surface area contributed by atoms with Crippen molar-refractivity contribution in [1.29, 1.82) is 5.26 Å². The Morgan fingerprint density at radius 1 is 1.44 bits per heavy atom. The third-order valence-electron chi connectivity index (χ3n) is 4.20. The third kappa shape index (κ3) is 3.32. The standard InChI is InChI=1S/C18H20N4O2S/c1-18(2,3)14-5-4-11(9-20-14)15-13(8-19)16(24)22-7-6-12(10-23)25-17(22)21-15/h4-5,9,12,23H,6-7,10H2,1-3H3/t12-/m1/s1.